The molecule has 0 aromatic carbocycles. The molecular weight excluding hydrogens is 232 g/mol. The predicted molar refractivity (Wildman–Crippen MR) is 70.3 cm³/mol. The second-order valence-electron chi connectivity index (χ2n) is 5.64. The largest absolute Gasteiger partial charge is 0.398 e. The fourth-order valence-corrected chi connectivity index (χ4v) is 4.71. The highest BCUT2D eigenvalue weighted by Gasteiger charge is 2.44. The van der Waals surface area contributed by atoms with Crippen LogP contribution >= 0.6 is 0 Å². The molecule has 0 amide bonds. The standard InChI is InChI=1S/C13H26O3Si/c1-4-5-8-17(3,14-2)15-10-11-6-7-12-13(9-11)16-12/h11-13H,4-10H2,1-3H3. The van der Waals surface area contributed by atoms with Gasteiger partial charge in [-0.05, 0) is 37.8 Å². The molecule has 17 heavy (non-hydrogen) atoms. The van der Waals surface area contributed by atoms with Gasteiger partial charge >= 0.3 is 8.56 Å². The molecule has 1 heterocycles. The number of unbranched alkanes of at least 4 members (excludes halogenated alkanes) is 1. The Labute approximate surface area is 106 Å². The van der Waals surface area contributed by atoms with Gasteiger partial charge in [-0.1, -0.05) is 19.8 Å². The molecule has 3 nitrogen and oxygen atoms in total. The minimum absolute atomic E-state index is 0.559. The highest BCUT2D eigenvalue weighted by Crippen LogP contribution is 2.39. The maximum atomic E-state index is 6.15. The molecule has 1 aliphatic heterocycles. The predicted octanol–water partition coefficient (Wildman–Crippen LogP) is 3.09. The van der Waals surface area contributed by atoms with E-state index >= 15 is 0 Å². The quantitative estimate of drug-likeness (QED) is 0.519. The summed E-state index contributed by atoms with van der Waals surface area (Å²) in [4.78, 5) is 0. The molecule has 2 rings (SSSR count). The molecular formula is C13H26O3Si. The molecule has 100 valence electrons. The summed E-state index contributed by atoms with van der Waals surface area (Å²) in [6.45, 7) is 5.30. The molecule has 1 saturated carbocycles. The Bertz CT molecular complexity index is 249. The molecule has 1 saturated heterocycles. The highest BCUT2D eigenvalue weighted by molar-refractivity contribution is 6.65. The van der Waals surface area contributed by atoms with Crippen LogP contribution in [0, 0.1) is 5.92 Å². The zero-order valence-corrected chi connectivity index (χ0v) is 12.4. The number of epoxide rings is 1. The van der Waals surface area contributed by atoms with E-state index in [0.717, 1.165) is 12.7 Å². The highest BCUT2D eigenvalue weighted by atomic mass is 28.4. The summed E-state index contributed by atoms with van der Waals surface area (Å²) in [6, 6.07) is 1.12. The Balaban J connectivity index is 1.70. The van der Waals surface area contributed by atoms with Crippen molar-refractivity contribution in [1.29, 1.82) is 0 Å². The summed E-state index contributed by atoms with van der Waals surface area (Å²) >= 11 is 0. The van der Waals surface area contributed by atoms with Crippen molar-refractivity contribution in [2.75, 3.05) is 13.7 Å². The molecule has 0 spiro atoms. The van der Waals surface area contributed by atoms with Crippen LogP contribution in [0.1, 0.15) is 39.0 Å². The molecule has 2 aliphatic rings. The Hall–Kier alpha value is 0.0969. The van der Waals surface area contributed by atoms with Crippen molar-refractivity contribution in [3.05, 3.63) is 0 Å². The van der Waals surface area contributed by atoms with Crippen LogP contribution < -0.4 is 0 Å². The van der Waals surface area contributed by atoms with Crippen LogP contribution in [0.3, 0.4) is 0 Å². The first-order valence-electron chi connectivity index (χ1n) is 7.01. The SMILES string of the molecule is CCCC[Si](C)(OC)OCC1CCC2OC2C1. The van der Waals surface area contributed by atoms with Gasteiger partial charge in [-0.25, -0.2) is 0 Å². The van der Waals surface area contributed by atoms with E-state index in [4.69, 9.17) is 13.6 Å². The van der Waals surface area contributed by atoms with Gasteiger partial charge in [0.05, 0.1) is 12.2 Å². The van der Waals surface area contributed by atoms with E-state index in [1.54, 1.807) is 0 Å². The van der Waals surface area contributed by atoms with Crippen LogP contribution in [0.2, 0.25) is 12.6 Å². The van der Waals surface area contributed by atoms with Crippen molar-refractivity contribution in [3.8, 4) is 0 Å². The summed E-state index contributed by atoms with van der Waals surface area (Å²) in [6.07, 6.45) is 7.29. The molecule has 0 radical (unpaired) electrons. The van der Waals surface area contributed by atoms with E-state index in [2.05, 4.69) is 13.5 Å². The molecule has 4 atom stereocenters. The van der Waals surface area contributed by atoms with Gasteiger partial charge in [0.1, 0.15) is 0 Å². The molecule has 0 aromatic rings. The lowest BCUT2D eigenvalue weighted by Crippen LogP contribution is -2.39. The van der Waals surface area contributed by atoms with E-state index in [1.165, 1.54) is 32.1 Å². The van der Waals surface area contributed by atoms with E-state index in [0.29, 0.717) is 18.1 Å². The number of fused-ring (bicyclic) bond motifs is 1. The second-order valence-corrected chi connectivity index (χ2v) is 9.11. The van der Waals surface area contributed by atoms with E-state index in [9.17, 15) is 0 Å². The van der Waals surface area contributed by atoms with E-state index in [1.807, 2.05) is 7.11 Å². The van der Waals surface area contributed by atoms with Crippen LogP contribution in [0.5, 0.6) is 0 Å². The van der Waals surface area contributed by atoms with Gasteiger partial charge < -0.3 is 13.6 Å². The number of hydrogen-bond acceptors (Lipinski definition) is 3. The van der Waals surface area contributed by atoms with Crippen LogP contribution in [0.4, 0.5) is 0 Å². The average Bonchev–Trinajstić information content (AvgIpc) is 3.12. The van der Waals surface area contributed by atoms with Gasteiger partial charge in [0.25, 0.3) is 0 Å². The van der Waals surface area contributed by atoms with Crippen molar-refractivity contribution in [2.45, 2.75) is 63.8 Å². The Morgan fingerprint density at radius 1 is 1.29 bits per heavy atom. The topological polar surface area (TPSA) is 31.0 Å². The molecule has 4 heteroatoms. The van der Waals surface area contributed by atoms with Gasteiger partial charge in [-0.15, -0.1) is 0 Å². The molecule has 0 N–H and O–H groups in total. The third kappa shape index (κ3) is 3.78. The van der Waals surface area contributed by atoms with Gasteiger partial charge in [0.15, 0.2) is 0 Å². The van der Waals surface area contributed by atoms with Gasteiger partial charge in [-0.3, -0.25) is 0 Å². The summed E-state index contributed by atoms with van der Waals surface area (Å²) in [7, 11) is -0.0692. The van der Waals surface area contributed by atoms with Crippen molar-refractivity contribution < 1.29 is 13.6 Å². The van der Waals surface area contributed by atoms with Crippen LogP contribution in [0.15, 0.2) is 0 Å². The van der Waals surface area contributed by atoms with Gasteiger partial charge in [0.2, 0.25) is 0 Å². The monoisotopic (exact) mass is 258 g/mol. The minimum atomic E-state index is -1.88. The zero-order valence-electron chi connectivity index (χ0n) is 11.4. The molecule has 4 unspecified atom stereocenters. The number of hydrogen-bond donors (Lipinski definition) is 0. The summed E-state index contributed by atoms with van der Waals surface area (Å²) in [5, 5.41) is 0. The normalized spacial score (nSPS) is 35.1. The van der Waals surface area contributed by atoms with E-state index in [-0.39, 0.29) is 0 Å². The summed E-state index contributed by atoms with van der Waals surface area (Å²) < 4.78 is 17.4. The first kappa shape index (κ1) is 13.5. The third-order valence-corrected chi connectivity index (χ3v) is 7.06. The first-order chi connectivity index (χ1) is 8.17. The summed E-state index contributed by atoms with van der Waals surface area (Å²) in [5.41, 5.74) is 0. The fourth-order valence-electron chi connectivity index (χ4n) is 2.66. The van der Waals surface area contributed by atoms with Crippen molar-refractivity contribution >= 4 is 8.56 Å². The Morgan fingerprint density at radius 3 is 2.76 bits per heavy atom. The fraction of sp³-hybridized carbons (Fsp3) is 1.00. The van der Waals surface area contributed by atoms with Crippen LogP contribution in [-0.2, 0) is 13.6 Å². The third-order valence-electron chi connectivity index (χ3n) is 4.15. The van der Waals surface area contributed by atoms with Crippen LogP contribution in [-0.4, -0.2) is 34.5 Å². The number of rotatable bonds is 7. The van der Waals surface area contributed by atoms with Crippen molar-refractivity contribution in [3.63, 3.8) is 0 Å². The van der Waals surface area contributed by atoms with E-state index < -0.39 is 8.56 Å². The van der Waals surface area contributed by atoms with Gasteiger partial charge in [-0.2, -0.15) is 0 Å². The second kappa shape index (κ2) is 5.82. The van der Waals surface area contributed by atoms with Gasteiger partial charge in [0, 0.05) is 13.7 Å². The maximum Gasteiger partial charge on any atom is 0.334 e. The lowest BCUT2D eigenvalue weighted by molar-refractivity contribution is 0.155. The lowest BCUT2D eigenvalue weighted by Gasteiger charge is -2.28. The minimum Gasteiger partial charge on any atom is -0.398 e. The Morgan fingerprint density at radius 2 is 2.12 bits per heavy atom. The van der Waals surface area contributed by atoms with Crippen LogP contribution in [0.25, 0.3) is 0 Å². The lowest BCUT2D eigenvalue weighted by atomic mass is 9.90. The zero-order chi connectivity index (χ0) is 12.3. The molecule has 1 aliphatic carbocycles. The Kier molecular flexibility index (Phi) is 4.63. The molecule has 0 aromatic heterocycles. The first-order valence-corrected chi connectivity index (χ1v) is 9.54. The van der Waals surface area contributed by atoms with Crippen molar-refractivity contribution in [1.82, 2.24) is 0 Å². The average molecular weight is 258 g/mol. The maximum absolute atomic E-state index is 6.15. The molecule has 2 fully saturated rings. The van der Waals surface area contributed by atoms with Crippen molar-refractivity contribution in [2.24, 2.45) is 5.92 Å². The molecule has 0 bridgehead atoms. The number of ether oxygens (including phenoxy) is 1. The summed E-state index contributed by atoms with van der Waals surface area (Å²) in [5.74, 6) is 0.697. The smallest absolute Gasteiger partial charge is 0.334 e.